The number of rotatable bonds is 12. The molecule has 0 aromatic heterocycles. The van der Waals surface area contributed by atoms with Crippen LogP contribution < -0.4 is 21.7 Å². The Kier molecular flexibility index (Phi) is 10.00. The first-order valence-electron chi connectivity index (χ1n) is 10.4. The SMILES string of the molecule is NCC(=O)NC(Cc1ccccc1)C(=O)NC(CO)C(=O)NC(Cc1ccccc1)C(=O)O. The summed E-state index contributed by atoms with van der Waals surface area (Å²) >= 11 is 0. The molecule has 176 valence electrons. The molecule has 0 aliphatic carbocycles. The van der Waals surface area contributed by atoms with Crippen LogP contribution in [0.2, 0.25) is 0 Å². The Morgan fingerprint density at radius 3 is 1.64 bits per heavy atom. The lowest BCUT2D eigenvalue weighted by molar-refractivity contribution is -0.142. The smallest absolute Gasteiger partial charge is 0.326 e. The van der Waals surface area contributed by atoms with Crippen LogP contribution >= 0.6 is 0 Å². The number of nitrogens with one attached hydrogen (secondary N) is 3. The van der Waals surface area contributed by atoms with Crippen molar-refractivity contribution in [2.24, 2.45) is 5.73 Å². The molecule has 33 heavy (non-hydrogen) atoms. The molecule has 0 radical (unpaired) electrons. The molecule has 0 saturated heterocycles. The molecule has 2 rings (SSSR count). The van der Waals surface area contributed by atoms with Crippen LogP contribution in [0.3, 0.4) is 0 Å². The third-order valence-corrected chi connectivity index (χ3v) is 4.83. The van der Waals surface area contributed by atoms with Gasteiger partial charge in [-0.2, -0.15) is 0 Å². The van der Waals surface area contributed by atoms with Gasteiger partial charge in [-0.15, -0.1) is 0 Å². The second kappa shape index (κ2) is 12.9. The number of hydrogen-bond acceptors (Lipinski definition) is 6. The van der Waals surface area contributed by atoms with Crippen LogP contribution in [0.4, 0.5) is 0 Å². The van der Waals surface area contributed by atoms with Crippen molar-refractivity contribution in [1.82, 2.24) is 16.0 Å². The number of aliphatic hydroxyl groups is 1. The van der Waals surface area contributed by atoms with Gasteiger partial charge in [0, 0.05) is 12.8 Å². The second-order valence-electron chi connectivity index (χ2n) is 7.35. The molecule has 0 aliphatic rings. The molecule has 0 aliphatic heterocycles. The van der Waals surface area contributed by atoms with Crippen molar-refractivity contribution in [2.45, 2.75) is 31.0 Å². The first-order valence-corrected chi connectivity index (χ1v) is 10.4. The van der Waals surface area contributed by atoms with Gasteiger partial charge in [0.2, 0.25) is 17.7 Å². The lowest BCUT2D eigenvalue weighted by Crippen LogP contribution is -2.58. The number of nitrogens with two attached hydrogens (primary N) is 1. The largest absolute Gasteiger partial charge is 0.480 e. The standard InChI is InChI=1S/C23H28N4O6/c24-13-20(29)25-17(11-15-7-3-1-4-8-15)21(30)27-19(14-28)22(31)26-18(23(32)33)12-16-9-5-2-6-10-16/h1-10,17-19,28H,11-14,24H2,(H,25,29)(H,26,31)(H,27,30)(H,32,33). The molecule has 10 heteroatoms. The maximum absolute atomic E-state index is 12.8. The molecule has 0 bridgehead atoms. The van der Waals surface area contributed by atoms with Crippen molar-refractivity contribution < 1.29 is 29.4 Å². The van der Waals surface area contributed by atoms with E-state index in [-0.39, 0.29) is 19.4 Å². The Labute approximate surface area is 191 Å². The summed E-state index contributed by atoms with van der Waals surface area (Å²) in [6.45, 7) is -1.10. The van der Waals surface area contributed by atoms with Gasteiger partial charge in [0.25, 0.3) is 0 Å². The highest BCUT2D eigenvalue weighted by Crippen LogP contribution is 2.06. The van der Waals surface area contributed by atoms with E-state index >= 15 is 0 Å². The van der Waals surface area contributed by atoms with Gasteiger partial charge in [-0.3, -0.25) is 14.4 Å². The molecular formula is C23H28N4O6. The number of carboxylic acids is 1. The van der Waals surface area contributed by atoms with Crippen LogP contribution in [-0.2, 0) is 32.0 Å². The zero-order valence-corrected chi connectivity index (χ0v) is 17.9. The molecular weight excluding hydrogens is 428 g/mol. The van der Waals surface area contributed by atoms with E-state index in [0.29, 0.717) is 5.56 Å². The van der Waals surface area contributed by atoms with E-state index in [1.807, 2.05) is 0 Å². The summed E-state index contributed by atoms with van der Waals surface area (Å²) < 4.78 is 0. The minimum Gasteiger partial charge on any atom is -0.480 e. The van der Waals surface area contributed by atoms with Crippen LogP contribution in [0.15, 0.2) is 60.7 Å². The number of amides is 3. The number of carboxylic acid groups (broad SMARTS) is 1. The van der Waals surface area contributed by atoms with Gasteiger partial charge in [0.05, 0.1) is 13.2 Å². The molecule has 0 saturated carbocycles. The van der Waals surface area contributed by atoms with Gasteiger partial charge < -0.3 is 31.9 Å². The van der Waals surface area contributed by atoms with Crippen LogP contribution in [0.5, 0.6) is 0 Å². The highest BCUT2D eigenvalue weighted by Gasteiger charge is 2.29. The van der Waals surface area contributed by atoms with Crippen molar-refractivity contribution >= 4 is 23.7 Å². The van der Waals surface area contributed by atoms with Gasteiger partial charge in [0.1, 0.15) is 18.1 Å². The molecule has 2 aromatic rings. The van der Waals surface area contributed by atoms with Crippen molar-refractivity contribution in [3.05, 3.63) is 71.8 Å². The van der Waals surface area contributed by atoms with Crippen molar-refractivity contribution in [1.29, 1.82) is 0 Å². The van der Waals surface area contributed by atoms with Crippen LogP contribution in [0, 0.1) is 0 Å². The molecule has 0 spiro atoms. The number of benzene rings is 2. The Hall–Kier alpha value is -3.76. The van der Waals surface area contributed by atoms with E-state index in [1.165, 1.54) is 0 Å². The minimum atomic E-state index is -1.41. The zero-order valence-electron chi connectivity index (χ0n) is 17.9. The highest BCUT2D eigenvalue weighted by atomic mass is 16.4. The van der Waals surface area contributed by atoms with E-state index in [0.717, 1.165) is 5.56 Å². The normalized spacial score (nSPS) is 13.3. The quantitative estimate of drug-likeness (QED) is 0.237. The lowest BCUT2D eigenvalue weighted by Gasteiger charge is -2.23. The number of carbonyl (C=O) groups is 4. The maximum Gasteiger partial charge on any atom is 0.326 e. The van der Waals surface area contributed by atoms with Crippen LogP contribution in [0.25, 0.3) is 0 Å². The Morgan fingerprint density at radius 2 is 1.18 bits per heavy atom. The van der Waals surface area contributed by atoms with Gasteiger partial charge in [0.15, 0.2) is 0 Å². The van der Waals surface area contributed by atoms with E-state index in [1.54, 1.807) is 60.7 Å². The number of hydrogen-bond donors (Lipinski definition) is 6. The molecule has 0 heterocycles. The Morgan fingerprint density at radius 1 is 0.727 bits per heavy atom. The maximum atomic E-state index is 12.8. The van der Waals surface area contributed by atoms with Gasteiger partial charge in [-0.25, -0.2) is 4.79 Å². The fourth-order valence-corrected chi connectivity index (χ4v) is 3.10. The number of aliphatic carboxylic acids is 1. The minimum absolute atomic E-state index is 0.0250. The lowest BCUT2D eigenvalue weighted by atomic mass is 10.0. The zero-order chi connectivity index (χ0) is 24.2. The molecule has 3 unspecified atom stereocenters. The fourth-order valence-electron chi connectivity index (χ4n) is 3.10. The number of aliphatic hydroxyl groups excluding tert-OH is 1. The highest BCUT2D eigenvalue weighted by molar-refractivity contribution is 5.93. The monoisotopic (exact) mass is 456 g/mol. The Bertz CT molecular complexity index is 938. The Balaban J connectivity index is 2.07. The first kappa shape index (κ1) is 25.5. The number of carbonyl (C=O) groups excluding carboxylic acids is 3. The van der Waals surface area contributed by atoms with Gasteiger partial charge in [-0.05, 0) is 11.1 Å². The molecule has 2 aromatic carbocycles. The topological polar surface area (TPSA) is 171 Å². The molecule has 3 amide bonds. The summed E-state index contributed by atoms with van der Waals surface area (Å²) in [5.74, 6) is -3.40. The molecule has 7 N–H and O–H groups in total. The summed E-state index contributed by atoms with van der Waals surface area (Å²) in [5, 5.41) is 26.3. The summed E-state index contributed by atoms with van der Waals surface area (Å²) in [4.78, 5) is 48.8. The summed E-state index contributed by atoms with van der Waals surface area (Å²) in [6.07, 6.45) is 0.154. The van der Waals surface area contributed by atoms with Gasteiger partial charge >= 0.3 is 5.97 Å². The second-order valence-corrected chi connectivity index (χ2v) is 7.35. The van der Waals surface area contributed by atoms with E-state index in [9.17, 15) is 29.4 Å². The van der Waals surface area contributed by atoms with Crippen LogP contribution in [-0.4, -0.2) is 65.2 Å². The molecule has 10 nitrogen and oxygen atoms in total. The average Bonchev–Trinajstić information content (AvgIpc) is 2.82. The van der Waals surface area contributed by atoms with E-state index in [2.05, 4.69) is 16.0 Å². The van der Waals surface area contributed by atoms with Crippen molar-refractivity contribution in [3.63, 3.8) is 0 Å². The third kappa shape index (κ3) is 8.36. The third-order valence-electron chi connectivity index (χ3n) is 4.83. The predicted octanol–water partition coefficient (Wildman–Crippen LogP) is -1.04. The summed E-state index contributed by atoms with van der Waals surface area (Å²) in [7, 11) is 0. The fraction of sp³-hybridized carbons (Fsp3) is 0.304. The van der Waals surface area contributed by atoms with Crippen molar-refractivity contribution in [2.75, 3.05) is 13.2 Å². The average molecular weight is 456 g/mol. The van der Waals surface area contributed by atoms with E-state index < -0.39 is 48.4 Å². The predicted molar refractivity (Wildman–Crippen MR) is 120 cm³/mol. The van der Waals surface area contributed by atoms with Crippen molar-refractivity contribution in [3.8, 4) is 0 Å². The summed E-state index contributed by atoms with van der Waals surface area (Å²) in [5.41, 5.74) is 6.79. The first-order chi connectivity index (χ1) is 15.8. The van der Waals surface area contributed by atoms with Gasteiger partial charge in [-0.1, -0.05) is 60.7 Å². The van der Waals surface area contributed by atoms with Crippen LogP contribution in [0.1, 0.15) is 11.1 Å². The van der Waals surface area contributed by atoms with E-state index in [4.69, 9.17) is 5.73 Å². The molecule has 3 atom stereocenters. The summed E-state index contributed by atoms with van der Waals surface area (Å²) in [6, 6.07) is 13.9. The molecule has 0 fully saturated rings.